The maximum atomic E-state index is 11.9. The molecule has 0 N–H and O–H groups in total. The number of hydrogen-bond donors (Lipinski definition) is 0. The van der Waals surface area contributed by atoms with Crippen LogP contribution in [0.2, 0.25) is 0 Å². The van der Waals surface area contributed by atoms with Crippen LogP contribution in [0.25, 0.3) is 0 Å². The lowest BCUT2D eigenvalue weighted by atomic mass is 10.3. The summed E-state index contributed by atoms with van der Waals surface area (Å²) in [6, 6.07) is 7.73. The van der Waals surface area contributed by atoms with Crippen LogP contribution in [0.5, 0.6) is 5.75 Å². The Labute approximate surface area is 125 Å². The van der Waals surface area contributed by atoms with E-state index in [9.17, 15) is 14.9 Å². The number of ether oxygens (including phenoxy) is 1. The Morgan fingerprint density at radius 1 is 1.43 bits per heavy atom. The van der Waals surface area contributed by atoms with Gasteiger partial charge in [-0.1, -0.05) is 6.07 Å². The SMILES string of the molecule is CN(Cc1ccsc1)C(=O)COc1cccc([N+](=O)[O-])c1. The average molecular weight is 306 g/mol. The Hall–Kier alpha value is -2.41. The van der Waals surface area contributed by atoms with Gasteiger partial charge in [0.05, 0.1) is 11.0 Å². The van der Waals surface area contributed by atoms with Crippen molar-refractivity contribution in [3.8, 4) is 5.75 Å². The molecule has 2 aromatic rings. The highest BCUT2D eigenvalue weighted by molar-refractivity contribution is 7.07. The minimum Gasteiger partial charge on any atom is -0.484 e. The van der Waals surface area contributed by atoms with Gasteiger partial charge in [0.2, 0.25) is 0 Å². The van der Waals surface area contributed by atoms with Crippen LogP contribution in [0.1, 0.15) is 5.56 Å². The summed E-state index contributed by atoms with van der Waals surface area (Å²) in [7, 11) is 1.69. The molecule has 21 heavy (non-hydrogen) atoms. The monoisotopic (exact) mass is 306 g/mol. The van der Waals surface area contributed by atoms with Gasteiger partial charge in [-0.15, -0.1) is 0 Å². The van der Waals surface area contributed by atoms with E-state index in [2.05, 4.69) is 0 Å². The van der Waals surface area contributed by atoms with Gasteiger partial charge in [-0.2, -0.15) is 11.3 Å². The third kappa shape index (κ3) is 4.28. The number of nitrogens with zero attached hydrogens (tertiary/aromatic N) is 2. The Bertz CT molecular complexity index is 628. The first-order chi connectivity index (χ1) is 10.1. The van der Waals surface area contributed by atoms with Crippen LogP contribution in [0.3, 0.4) is 0 Å². The zero-order valence-electron chi connectivity index (χ0n) is 11.4. The Kier molecular flexibility index (Phi) is 4.89. The second-order valence-corrected chi connectivity index (χ2v) is 5.20. The largest absolute Gasteiger partial charge is 0.484 e. The van der Waals surface area contributed by atoms with Crippen molar-refractivity contribution in [3.63, 3.8) is 0 Å². The molecule has 0 atom stereocenters. The lowest BCUT2D eigenvalue weighted by Crippen LogP contribution is -2.30. The first-order valence-electron chi connectivity index (χ1n) is 6.18. The molecule has 110 valence electrons. The third-order valence-corrected chi connectivity index (χ3v) is 3.55. The number of carbonyl (C=O) groups excluding carboxylic acids is 1. The number of nitro benzene ring substituents is 1. The first-order valence-corrected chi connectivity index (χ1v) is 7.13. The van der Waals surface area contributed by atoms with Gasteiger partial charge < -0.3 is 9.64 Å². The first kappa shape index (κ1) is 15.0. The number of benzene rings is 1. The zero-order chi connectivity index (χ0) is 15.2. The normalized spacial score (nSPS) is 10.1. The van der Waals surface area contributed by atoms with E-state index in [0.717, 1.165) is 5.56 Å². The zero-order valence-corrected chi connectivity index (χ0v) is 12.2. The molecule has 0 aliphatic carbocycles. The molecular formula is C14H14N2O4S. The molecule has 1 aromatic heterocycles. The summed E-state index contributed by atoms with van der Waals surface area (Å²) >= 11 is 1.57. The van der Waals surface area contributed by atoms with Crippen molar-refractivity contribution >= 4 is 22.9 Å². The maximum absolute atomic E-state index is 11.9. The maximum Gasteiger partial charge on any atom is 0.273 e. The van der Waals surface area contributed by atoms with E-state index in [1.165, 1.54) is 18.2 Å². The fourth-order valence-electron chi connectivity index (χ4n) is 1.69. The predicted octanol–water partition coefficient (Wildman–Crippen LogP) is 2.69. The summed E-state index contributed by atoms with van der Waals surface area (Å²) in [4.78, 5) is 23.6. The third-order valence-electron chi connectivity index (χ3n) is 2.82. The molecule has 0 radical (unpaired) electrons. The van der Waals surface area contributed by atoms with Crippen molar-refractivity contribution in [2.45, 2.75) is 6.54 Å². The molecule has 0 saturated heterocycles. The fraction of sp³-hybridized carbons (Fsp3) is 0.214. The lowest BCUT2D eigenvalue weighted by molar-refractivity contribution is -0.384. The Morgan fingerprint density at radius 3 is 2.90 bits per heavy atom. The van der Waals surface area contributed by atoms with Gasteiger partial charge in [-0.3, -0.25) is 14.9 Å². The van der Waals surface area contributed by atoms with Gasteiger partial charge in [-0.25, -0.2) is 0 Å². The van der Waals surface area contributed by atoms with Crippen LogP contribution >= 0.6 is 11.3 Å². The molecular weight excluding hydrogens is 292 g/mol. The number of non-ortho nitro benzene ring substituents is 1. The number of rotatable bonds is 6. The molecule has 0 fully saturated rings. The molecule has 0 unspecified atom stereocenters. The number of thiophene rings is 1. The highest BCUT2D eigenvalue weighted by atomic mass is 32.1. The van der Waals surface area contributed by atoms with E-state index in [-0.39, 0.29) is 18.2 Å². The van der Waals surface area contributed by atoms with Gasteiger partial charge in [0, 0.05) is 19.7 Å². The Balaban J connectivity index is 1.88. The predicted molar refractivity (Wildman–Crippen MR) is 79.4 cm³/mol. The summed E-state index contributed by atoms with van der Waals surface area (Å²) < 4.78 is 5.31. The minimum atomic E-state index is -0.503. The van der Waals surface area contributed by atoms with Crippen molar-refractivity contribution in [1.82, 2.24) is 4.90 Å². The topological polar surface area (TPSA) is 72.7 Å². The molecule has 7 heteroatoms. The molecule has 6 nitrogen and oxygen atoms in total. The van der Waals surface area contributed by atoms with Crippen molar-refractivity contribution < 1.29 is 14.5 Å². The number of nitro groups is 1. The molecule has 2 rings (SSSR count). The van der Waals surface area contributed by atoms with Crippen LogP contribution in [0.4, 0.5) is 5.69 Å². The summed E-state index contributed by atoms with van der Waals surface area (Å²) in [5.74, 6) is 0.120. The van der Waals surface area contributed by atoms with E-state index in [1.54, 1.807) is 29.4 Å². The standard InChI is InChI=1S/C14H14N2O4S/c1-15(8-11-5-6-21-10-11)14(17)9-20-13-4-2-3-12(7-13)16(18)19/h2-7,10H,8-9H2,1H3. The molecule has 0 saturated carbocycles. The van der Waals surface area contributed by atoms with Crippen molar-refractivity contribution in [1.29, 1.82) is 0 Å². The molecule has 0 spiro atoms. The van der Waals surface area contributed by atoms with Gasteiger partial charge in [0.15, 0.2) is 6.61 Å². The van der Waals surface area contributed by atoms with Gasteiger partial charge >= 0.3 is 0 Å². The van der Waals surface area contributed by atoms with Crippen LogP contribution in [0, 0.1) is 10.1 Å². The smallest absolute Gasteiger partial charge is 0.273 e. The van der Waals surface area contributed by atoms with Crippen LogP contribution in [-0.2, 0) is 11.3 Å². The van der Waals surface area contributed by atoms with Crippen molar-refractivity contribution in [3.05, 3.63) is 56.8 Å². The number of carbonyl (C=O) groups is 1. The summed E-state index contributed by atoms with van der Waals surface area (Å²) in [5, 5.41) is 14.6. The van der Waals surface area contributed by atoms with Crippen molar-refractivity contribution in [2.75, 3.05) is 13.7 Å². The molecule has 0 aliphatic rings. The number of likely N-dealkylation sites (N-methyl/N-ethyl adjacent to an activating group) is 1. The molecule has 1 heterocycles. The summed E-state index contributed by atoms with van der Waals surface area (Å²) in [6.45, 7) is 0.364. The number of amides is 1. The second kappa shape index (κ2) is 6.85. The van der Waals surface area contributed by atoms with Crippen LogP contribution < -0.4 is 4.74 Å². The van der Waals surface area contributed by atoms with Gasteiger partial charge in [0.25, 0.3) is 11.6 Å². The Morgan fingerprint density at radius 2 is 2.24 bits per heavy atom. The minimum absolute atomic E-state index is 0.0634. The molecule has 1 amide bonds. The average Bonchev–Trinajstić information content (AvgIpc) is 2.97. The molecule has 0 aliphatic heterocycles. The van der Waals surface area contributed by atoms with Gasteiger partial charge in [0.1, 0.15) is 5.75 Å². The summed E-state index contributed by atoms with van der Waals surface area (Å²) in [5.41, 5.74) is 0.998. The quantitative estimate of drug-likeness (QED) is 0.607. The fourth-order valence-corrected chi connectivity index (χ4v) is 2.35. The van der Waals surface area contributed by atoms with Crippen LogP contribution in [-0.4, -0.2) is 29.4 Å². The van der Waals surface area contributed by atoms with E-state index in [4.69, 9.17) is 4.74 Å². The van der Waals surface area contributed by atoms with Crippen molar-refractivity contribution in [2.24, 2.45) is 0 Å². The van der Waals surface area contributed by atoms with Crippen LogP contribution in [0.15, 0.2) is 41.1 Å². The van der Waals surface area contributed by atoms with E-state index >= 15 is 0 Å². The van der Waals surface area contributed by atoms with Gasteiger partial charge in [-0.05, 0) is 28.5 Å². The highest BCUT2D eigenvalue weighted by Crippen LogP contribution is 2.19. The molecule has 0 bridgehead atoms. The number of hydrogen-bond acceptors (Lipinski definition) is 5. The van der Waals surface area contributed by atoms with E-state index in [0.29, 0.717) is 12.3 Å². The second-order valence-electron chi connectivity index (χ2n) is 4.42. The highest BCUT2D eigenvalue weighted by Gasteiger charge is 2.12. The van der Waals surface area contributed by atoms with E-state index in [1.807, 2.05) is 16.8 Å². The lowest BCUT2D eigenvalue weighted by Gasteiger charge is -2.16. The molecule has 1 aromatic carbocycles. The van der Waals surface area contributed by atoms with E-state index < -0.39 is 4.92 Å². The summed E-state index contributed by atoms with van der Waals surface area (Å²) in [6.07, 6.45) is 0.